The maximum absolute atomic E-state index is 12.9. The molecule has 2 heterocycles. The van der Waals surface area contributed by atoms with Crippen LogP contribution in [-0.2, 0) is 0 Å². The molecular weight excluding hydrogens is 362 g/mol. The molecule has 0 saturated heterocycles. The highest BCUT2D eigenvalue weighted by molar-refractivity contribution is 7.22. The maximum atomic E-state index is 12.9. The summed E-state index contributed by atoms with van der Waals surface area (Å²) in [7, 11) is 1.61. The van der Waals surface area contributed by atoms with Gasteiger partial charge in [-0.1, -0.05) is 41.7 Å². The summed E-state index contributed by atoms with van der Waals surface area (Å²) in [5.74, 6) is 0.532. The number of anilines is 1. The lowest BCUT2D eigenvalue weighted by atomic mass is 10.2. The number of amides is 1. The van der Waals surface area contributed by atoms with E-state index in [-0.39, 0.29) is 5.76 Å². The molecule has 0 radical (unpaired) electrons. The molecule has 0 N–H and O–H groups in total. The molecule has 0 unspecified atom stereocenters. The lowest BCUT2D eigenvalue weighted by Gasteiger charge is -2.11. The number of hydrogen-bond acceptors (Lipinski definition) is 6. The van der Waals surface area contributed by atoms with Gasteiger partial charge in [0.2, 0.25) is 5.13 Å². The normalized spacial score (nSPS) is 11.1. The van der Waals surface area contributed by atoms with Gasteiger partial charge < -0.3 is 9.15 Å². The maximum Gasteiger partial charge on any atom is 0.316 e. The van der Waals surface area contributed by atoms with Gasteiger partial charge in [-0.05, 0) is 35.9 Å². The van der Waals surface area contributed by atoms with Crippen LogP contribution in [0.3, 0.4) is 0 Å². The monoisotopic (exact) mass is 377 g/mol. The number of hydrogen-bond donors (Lipinski definition) is 0. The highest BCUT2D eigenvalue weighted by Gasteiger charge is 2.23. The van der Waals surface area contributed by atoms with Gasteiger partial charge in [0.15, 0.2) is 5.76 Å². The number of fused-ring (bicyclic) bond motifs is 1. The predicted molar refractivity (Wildman–Crippen MR) is 106 cm³/mol. The third kappa shape index (κ3) is 3.58. The smallest absolute Gasteiger partial charge is 0.316 e. The van der Waals surface area contributed by atoms with Gasteiger partial charge in [0.25, 0.3) is 0 Å². The van der Waals surface area contributed by atoms with Gasteiger partial charge in [-0.25, -0.2) is 4.98 Å². The third-order valence-electron chi connectivity index (χ3n) is 3.81. The molecule has 0 saturated carbocycles. The van der Waals surface area contributed by atoms with Crippen molar-refractivity contribution in [2.24, 2.45) is 5.10 Å². The summed E-state index contributed by atoms with van der Waals surface area (Å²) in [6.45, 7) is 0. The lowest BCUT2D eigenvalue weighted by molar-refractivity contribution is 0.0961. The number of hydrazone groups is 1. The van der Waals surface area contributed by atoms with E-state index in [1.54, 1.807) is 25.5 Å². The Hall–Kier alpha value is -3.45. The Bertz CT molecular complexity index is 1090. The molecule has 4 aromatic rings. The summed E-state index contributed by atoms with van der Waals surface area (Å²) in [5, 5.41) is 6.08. The molecule has 0 atom stereocenters. The van der Waals surface area contributed by atoms with Crippen LogP contribution >= 0.6 is 11.3 Å². The zero-order chi connectivity index (χ0) is 18.6. The van der Waals surface area contributed by atoms with Crippen molar-refractivity contribution in [1.82, 2.24) is 4.98 Å². The van der Waals surface area contributed by atoms with Gasteiger partial charge in [-0.2, -0.15) is 10.1 Å². The van der Waals surface area contributed by atoms with Crippen molar-refractivity contribution in [2.75, 3.05) is 12.1 Å². The van der Waals surface area contributed by atoms with Gasteiger partial charge in [0.05, 0.1) is 29.8 Å². The number of furan rings is 1. The largest absolute Gasteiger partial charge is 0.497 e. The SMILES string of the molecule is COc1ccc2nc(N(/N=C\c3ccccc3)C(=O)c3ccco3)sc2c1. The van der Waals surface area contributed by atoms with Crippen LogP contribution in [0.2, 0.25) is 0 Å². The second kappa shape index (κ2) is 7.43. The Morgan fingerprint density at radius 1 is 1.19 bits per heavy atom. The second-order valence-electron chi connectivity index (χ2n) is 5.58. The van der Waals surface area contributed by atoms with E-state index in [4.69, 9.17) is 9.15 Å². The van der Waals surface area contributed by atoms with E-state index in [9.17, 15) is 4.79 Å². The average Bonchev–Trinajstić information content (AvgIpc) is 3.38. The quantitative estimate of drug-likeness (QED) is 0.377. The Kier molecular flexibility index (Phi) is 4.67. The van der Waals surface area contributed by atoms with E-state index in [1.807, 2.05) is 48.5 Å². The number of carbonyl (C=O) groups excluding carboxylic acids is 1. The fourth-order valence-electron chi connectivity index (χ4n) is 2.47. The second-order valence-corrected chi connectivity index (χ2v) is 6.59. The number of benzene rings is 2. The number of thiazole rings is 1. The Labute approximate surface area is 159 Å². The number of aromatic nitrogens is 1. The summed E-state index contributed by atoms with van der Waals surface area (Å²) >= 11 is 1.35. The first kappa shape index (κ1) is 17.0. The molecule has 2 aromatic carbocycles. The summed E-state index contributed by atoms with van der Waals surface area (Å²) in [5.41, 5.74) is 1.64. The Morgan fingerprint density at radius 3 is 2.78 bits per heavy atom. The van der Waals surface area contributed by atoms with Gasteiger partial charge in [-0.15, -0.1) is 0 Å². The number of methoxy groups -OCH3 is 1. The molecule has 0 bridgehead atoms. The number of ether oxygens (including phenoxy) is 1. The van der Waals surface area contributed by atoms with Crippen LogP contribution in [0, 0.1) is 0 Å². The van der Waals surface area contributed by atoms with E-state index in [2.05, 4.69) is 10.1 Å². The molecular formula is C20H15N3O3S. The van der Waals surface area contributed by atoms with Crippen LogP contribution in [0.15, 0.2) is 76.4 Å². The minimum Gasteiger partial charge on any atom is -0.497 e. The van der Waals surface area contributed by atoms with Crippen molar-refractivity contribution in [1.29, 1.82) is 0 Å². The number of nitrogens with zero attached hydrogens (tertiary/aromatic N) is 3. The first-order valence-corrected chi connectivity index (χ1v) is 8.98. The van der Waals surface area contributed by atoms with Crippen molar-refractivity contribution >= 4 is 38.8 Å². The van der Waals surface area contributed by atoms with Crippen molar-refractivity contribution < 1.29 is 13.9 Å². The minimum absolute atomic E-state index is 0.192. The van der Waals surface area contributed by atoms with E-state index in [1.165, 1.54) is 22.6 Å². The van der Waals surface area contributed by atoms with Crippen LogP contribution < -0.4 is 9.75 Å². The van der Waals surface area contributed by atoms with Crippen molar-refractivity contribution in [3.8, 4) is 5.75 Å². The molecule has 134 valence electrons. The zero-order valence-corrected chi connectivity index (χ0v) is 15.2. The van der Waals surface area contributed by atoms with E-state index in [0.717, 1.165) is 21.5 Å². The number of rotatable bonds is 5. The van der Waals surface area contributed by atoms with Crippen molar-refractivity contribution in [3.05, 3.63) is 78.3 Å². The van der Waals surface area contributed by atoms with Crippen molar-refractivity contribution in [2.45, 2.75) is 0 Å². The van der Waals surface area contributed by atoms with Gasteiger partial charge >= 0.3 is 5.91 Å². The molecule has 0 aliphatic heterocycles. The Morgan fingerprint density at radius 2 is 2.04 bits per heavy atom. The summed E-state index contributed by atoms with van der Waals surface area (Å²) in [6.07, 6.45) is 3.07. The highest BCUT2D eigenvalue weighted by atomic mass is 32.1. The topological polar surface area (TPSA) is 67.9 Å². The molecule has 0 aliphatic rings. The van der Waals surface area contributed by atoms with E-state index in [0.29, 0.717) is 5.13 Å². The fourth-order valence-corrected chi connectivity index (χ4v) is 3.42. The van der Waals surface area contributed by atoms with Gasteiger partial charge in [0.1, 0.15) is 5.75 Å². The predicted octanol–water partition coefficient (Wildman–Crippen LogP) is 4.58. The lowest BCUT2D eigenvalue weighted by Crippen LogP contribution is -2.25. The molecule has 0 spiro atoms. The van der Waals surface area contributed by atoms with Crippen LogP contribution in [0.5, 0.6) is 5.75 Å². The Balaban J connectivity index is 1.75. The zero-order valence-electron chi connectivity index (χ0n) is 14.4. The average molecular weight is 377 g/mol. The van der Waals surface area contributed by atoms with Crippen LogP contribution in [0.1, 0.15) is 16.1 Å². The fraction of sp³-hybridized carbons (Fsp3) is 0.0500. The molecule has 6 nitrogen and oxygen atoms in total. The molecule has 0 aliphatic carbocycles. The van der Waals surface area contributed by atoms with Crippen LogP contribution in [0.25, 0.3) is 10.2 Å². The van der Waals surface area contributed by atoms with Gasteiger partial charge in [0, 0.05) is 0 Å². The van der Waals surface area contributed by atoms with E-state index < -0.39 is 5.91 Å². The van der Waals surface area contributed by atoms with Gasteiger partial charge in [-0.3, -0.25) is 4.79 Å². The van der Waals surface area contributed by atoms with Crippen molar-refractivity contribution in [3.63, 3.8) is 0 Å². The van der Waals surface area contributed by atoms with Crippen LogP contribution in [0.4, 0.5) is 5.13 Å². The molecule has 0 fully saturated rings. The first-order chi connectivity index (χ1) is 13.2. The molecule has 2 aromatic heterocycles. The summed E-state index contributed by atoms with van der Waals surface area (Å²) in [4.78, 5) is 17.4. The molecule has 7 heteroatoms. The molecule has 27 heavy (non-hydrogen) atoms. The third-order valence-corrected chi connectivity index (χ3v) is 4.81. The number of carbonyl (C=O) groups is 1. The first-order valence-electron chi connectivity index (χ1n) is 8.16. The standard InChI is InChI=1S/C20H15N3O3S/c1-25-15-9-10-16-18(12-15)27-20(22-16)23(19(24)17-8-5-11-26-17)21-13-14-6-3-2-4-7-14/h2-13H,1H3/b21-13-. The van der Waals surface area contributed by atoms with E-state index >= 15 is 0 Å². The molecule has 4 rings (SSSR count). The molecule has 1 amide bonds. The highest BCUT2D eigenvalue weighted by Crippen LogP contribution is 2.32. The summed E-state index contributed by atoms with van der Waals surface area (Å²) < 4.78 is 11.4. The summed E-state index contributed by atoms with van der Waals surface area (Å²) in [6, 6.07) is 18.4. The van der Waals surface area contributed by atoms with Crippen LogP contribution in [-0.4, -0.2) is 24.2 Å². The minimum atomic E-state index is -0.391.